The first kappa shape index (κ1) is 53.7. The van der Waals surface area contributed by atoms with Gasteiger partial charge >= 0.3 is 11.9 Å². The van der Waals surface area contributed by atoms with Crippen LogP contribution in [-0.2, 0) is 32.7 Å². The standard InChI is InChI=1S/C46H82NO8P/c1-6-8-10-12-14-16-18-20-22-23-25-27-29-31-33-35-37-39-46(49)55-44(43-54-56(50,51)53-41-40-47(3,4)5)42-52-45(48)38-36-34-32-30-28-26-24-21-19-17-15-13-11-9-7-2/h13-16,20,22,25,27,31,33,44H,6-12,17-19,21,23-24,26,28-30,32,34-43H2,1-5H3/b15-13+,16-14+,22-20+,27-25+,33-31+/t44-/m1/s1. The number of hydrogen-bond donors (Lipinski definition) is 0. The number of likely N-dealkylation sites (N-methyl/N-ethyl adjacent to an activating group) is 1. The molecular formula is C46H82NO8P. The molecule has 1 unspecified atom stereocenters. The van der Waals surface area contributed by atoms with E-state index in [0.29, 0.717) is 23.9 Å². The molecule has 0 aliphatic carbocycles. The van der Waals surface area contributed by atoms with Gasteiger partial charge in [-0.2, -0.15) is 0 Å². The van der Waals surface area contributed by atoms with Crippen molar-refractivity contribution in [2.75, 3.05) is 47.5 Å². The number of quaternary nitrogens is 1. The van der Waals surface area contributed by atoms with Crippen molar-refractivity contribution < 1.29 is 42.1 Å². The van der Waals surface area contributed by atoms with Crippen molar-refractivity contribution in [2.24, 2.45) is 0 Å². The minimum atomic E-state index is -4.64. The van der Waals surface area contributed by atoms with Gasteiger partial charge in [0.05, 0.1) is 27.7 Å². The lowest BCUT2D eigenvalue weighted by Gasteiger charge is -2.28. The summed E-state index contributed by atoms with van der Waals surface area (Å²) in [7, 11) is 1.12. The third-order valence-corrected chi connectivity index (χ3v) is 9.97. The summed E-state index contributed by atoms with van der Waals surface area (Å²) >= 11 is 0. The maximum absolute atomic E-state index is 12.6. The molecule has 0 aliphatic rings. The summed E-state index contributed by atoms with van der Waals surface area (Å²) in [6.45, 7) is 4.09. The van der Waals surface area contributed by atoms with Gasteiger partial charge in [0.25, 0.3) is 7.82 Å². The van der Waals surface area contributed by atoms with Crippen molar-refractivity contribution in [3.63, 3.8) is 0 Å². The summed E-state index contributed by atoms with van der Waals surface area (Å²) in [5.74, 6) is -0.906. The van der Waals surface area contributed by atoms with Gasteiger partial charge in [0.15, 0.2) is 6.10 Å². The lowest BCUT2D eigenvalue weighted by Crippen LogP contribution is -2.37. The highest BCUT2D eigenvalue weighted by molar-refractivity contribution is 7.45. The predicted octanol–water partition coefficient (Wildman–Crippen LogP) is 11.8. The van der Waals surface area contributed by atoms with E-state index in [2.05, 4.69) is 68.5 Å². The second-order valence-corrected chi connectivity index (χ2v) is 17.1. The normalized spacial score (nSPS) is 14.2. The minimum Gasteiger partial charge on any atom is -0.756 e. The summed E-state index contributed by atoms with van der Waals surface area (Å²) in [5, 5.41) is 0. The molecule has 0 rings (SSSR count). The first-order valence-electron chi connectivity index (χ1n) is 22.0. The van der Waals surface area contributed by atoms with Crippen molar-refractivity contribution in [3.05, 3.63) is 60.8 Å². The van der Waals surface area contributed by atoms with Crippen LogP contribution in [0.1, 0.15) is 168 Å². The molecule has 56 heavy (non-hydrogen) atoms. The van der Waals surface area contributed by atoms with Gasteiger partial charge in [0, 0.05) is 12.8 Å². The van der Waals surface area contributed by atoms with Crippen molar-refractivity contribution in [1.82, 2.24) is 0 Å². The highest BCUT2D eigenvalue weighted by Crippen LogP contribution is 2.38. The number of rotatable bonds is 39. The largest absolute Gasteiger partial charge is 0.756 e. The second-order valence-electron chi connectivity index (χ2n) is 15.7. The third-order valence-electron chi connectivity index (χ3n) is 9.01. The molecule has 2 atom stereocenters. The Labute approximate surface area is 343 Å². The quantitative estimate of drug-likeness (QED) is 0.0198. The molecule has 10 heteroatoms. The second kappa shape index (κ2) is 38.2. The number of phosphoric ester groups is 1. The maximum Gasteiger partial charge on any atom is 0.306 e. The van der Waals surface area contributed by atoms with Crippen molar-refractivity contribution in [1.29, 1.82) is 0 Å². The van der Waals surface area contributed by atoms with Crippen LogP contribution >= 0.6 is 7.82 Å². The van der Waals surface area contributed by atoms with Crippen molar-refractivity contribution in [3.8, 4) is 0 Å². The highest BCUT2D eigenvalue weighted by Gasteiger charge is 2.21. The lowest BCUT2D eigenvalue weighted by molar-refractivity contribution is -0.870. The molecular weight excluding hydrogens is 725 g/mol. The van der Waals surface area contributed by atoms with E-state index >= 15 is 0 Å². The van der Waals surface area contributed by atoms with E-state index in [9.17, 15) is 19.0 Å². The van der Waals surface area contributed by atoms with Crippen LogP contribution in [0.2, 0.25) is 0 Å². The molecule has 0 saturated heterocycles. The Hall–Kier alpha value is -2.29. The minimum absolute atomic E-state index is 0.0434. The Kier molecular flexibility index (Phi) is 36.7. The molecule has 0 amide bonds. The van der Waals surface area contributed by atoms with Crippen molar-refractivity contribution in [2.45, 2.75) is 174 Å². The number of carbonyl (C=O) groups excluding carboxylic acids is 2. The van der Waals surface area contributed by atoms with Crippen LogP contribution < -0.4 is 4.89 Å². The number of hydrogen-bond acceptors (Lipinski definition) is 8. The van der Waals surface area contributed by atoms with Crippen LogP contribution in [-0.4, -0.2) is 70.0 Å². The Morgan fingerprint density at radius 3 is 1.55 bits per heavy atom. The molecule has 0 aromatic carbocycles. The number of carbonyl (C=O) groups is 2. The molecule has 0 heterocycles. The molecule has 0 N–H and O–H groups in total. The van der Waals surface area contributed by atoms with Gasteiger partial charge < -0.3 is 27.9 Å². The van der Waals surface area contributed by atoms with Gasteiger partial charge in [0.2, 0.25) is 0 Å². The first-order chi connectivity index (χ1) is 27.0. The number of unbranched alkanes of at least 4 members (excludes halogenated alkanes) is 15. The lowest BCUT2D eigenvalue weighted by atomic mass is 10.1. The van der Waals surface area contributed by atoms with Crippen LogP contribution in [0.5, 0.6) is 0 Å². The Bertz CT molecular complexity index is 1140. The molecule has 0 radical (unpaired) electrons. The van der Waals surface area contributed by atoms with E-state index < -0.39 is 32.5 Å². The van der Waals surface area contributed by atoms with Crippen LogP contribution in [0.15, 0.2) is 60.8 Å². The van der Waals surface area contributed by atoms with Gasteiger partial charge in [-0.05, 0) is 70.6 Å². The number of ether oxygens (including phenoxy) is 2. The van der Waals surface area contributed by atoms with Crippen LogP contribution in [0.4, 0.5) is 0 Å². The van der Waals surface area contributed by atoms with Gasteiger partial charge in [-0.15, -0.1) is 0 Å². The van der Waals surface area contributed by atoms with Crippen molar-refractivity contribution >= 4 is 19.8 Å². The molecule has 0 bridgehead atoms. The molecule has 0 aromatic heterocycles. The molecule has 9 nitrogen and oxygen atoms in total. The number of allylic oxidation sites excluding steroid dienone is 10. The fraction of sp³-hybridized carbons (Fsp3) is 0.739. The third kappa shape index (κ3) is 41.3. The number of nitrogens with zero attached hydrogens (tertiary/aromatic N) is 1. The number of phosphoric acid groups is 1. The zero-order valence-corrected chi connectivity index (χ0v) is 37.2. The topological polar surface area (TPSA) is 111 Å². The summed E-state index contributed by atoms with van der Waals surface area (Å²) < 4.78 is 33.8. The van der Waals surface area contributed by atoms with E-state index in [-0.39, 0.29) is 26.1 Å². The highest BCUT2D eigenvalue weighted by atomic mass is 31.2. The van der Waals surface area contributed by atoms with Gasteiger partial charge in [0.1, 0.15) is 19.8 Å². The van der Waals surface area contributed by atoms with Crippen LogP contribution in [0.25, 0.3) is 0 Å². The predicted molar refractivity (Wildman–Crippen MR) is 231 cm³/mol. The van der Waals surface area contributed by atoms with Gasteiger partial charge in [-0.1, -0.05) is 145 Å². The zero-order valence-electron chi connectivity index (χ0n) is 36.3. The van der Waals surface area contributed by atoms with Gasteiger partial charge in [-0.25, -0.2) is 0 Å². The smallest absolute Gasteiger partial charge is 0.306 e. The first-order valence-corrected chi connectivity index (χ1v) is 23.5. The molecule has 0 aromatic rings. The average Bonchev–Trinajstić information content (AvgIpc) is 3.15. The SMILES string of the molecule is CCCC/C=C/CCCCCCCCCCCC(=O)OC[C@H](COP(=O)([O-])OCC[N+](C)(C)C)OC(=O)CCC/C=C/C/C=C/C/C=C/C/C=C/CCCCC. The van der Waals surface area contributed by atoms with Gasteiger partial charge in [-0.3, -0.25) is 14.2 Å². The fourth-order valence-electron chi connectivity index (χ4n) is 5.51. The Morgan fingerprint density at radius 2 is 1.00 bits per heavy atom. The van der Waals surface area contributed by atoms with E-state index in [1.807, 2.05) is 27.2 Å². The fourth-order valence-corrected chi connectivity index (χ4v) is 6.24. The van der Waals surface area contributed by atoms with E-state index in [0.717, 1.165) is 44.9 Å². The molecule has 324 valence electrons. The monoisotopic (exact) mass is 808 g/mol. The summed E-state index contributed by atoms with van der Waals surface area (Å²) in [6.07, 6.45) is 45.4. The molecule has 0 saturated carbocycles. The molecule has 0 fully saturated rings. The van der Waals surface area contributed by atoms with E-state index in [1.165, 1.54) is 83.5 Å². The van der Waals surface area contributed by atoms with E-state index in [4.69, 9.17) is 18.5 Å². The maximum atomic E-state index is 12.6. The Morgan fingerprint density at radius 1 is 0.554 bits per heavy atom. The molecule has 0 spiro atoms. The summed E-state index contributed by atoms with van der Waals surface area (Å²) in [4.78, 5) is 37.5. The zero-order chi connectivity index (χ0) is 41.4. The Balaban J connectivity index is 4.47. The summed E-state index contributed by atoms with van der Waals surface area (Å²) in [6, 6.07) is 0. The van der Waals surface area contributed by atoms with Crippen LogP contribution in [0, 0.1) is 0 Å². The number of esters is 2. The van der Waals surface area contributed by atoms with Crippen LogP contribution in [0.3, 0.4) is 0 Å². The van der Waals surface area contributed by atoms with E-state index in [1.54, 1.807) is 0 Å². The average molecular weight is 808 g/mol. The summed E-state index contributed by atoms with van der Waals surface area (Å²) in [5.41, 5.74) is 0. The molecule has 0 aliphatic heterocycles.